The second-order valence-corrected chi connectivity index (χ2v) is 6.69. The summed E-state index contributed by atoms with van der Waals surface area (Å²) in [6, 6.07) is 5.42. The van der Waals surface area contributed by atoms with Crippen LogP contribution in [0.3, 0.4) is 0 Å². The summed E-state index contributed by atoms with van der Waals surface area (Å²) in [5.41, 5.74) is 8.17. The quantitative estimate of drug-likeness (QED) is 0.785. The van der Waals surface area contributed by atoms with Crippen molar-refractivity contribution in [3.63, 3.8) is 0 Å². The van der Waals surface area contributed by atoms with Crippen molar-refractivity contribution in [1.82, 2.24) is 5.32 Å². The van der Waals surface area contributed by atoms with Crippen LogP contribution in [0.2, 0.25) is 0 Å². The SMILES string of the molecule is Cc1c(N)cccc1CNC(=O)C(C)S(C)(=O)=O. The summed E-state index contributed by atoms with van der Waals surface area (Å²) in [5.74, 6) is -0.501. The van der Waals surface area contributed by atoms with Crippen LogP contribution in [0.1, 0.15) is 18.1 Å². The Kier molecular flexibility index (Phi) is 4.34. The lowest BCUT2D eigenvalue weighted by Gasteiger charge is -2.12. The molecule has 1 atom stereocenters. The molecule has 6 heteroatoms. The maximum Gasteiger partial charge on any atom is 0.238 e. The van der Waals surface area contributed by atoms with E-state index in [1.54, 1.807) is 12.1 Å². The summed E-state index contributed by atoms with van der Waals surface area (Å²) in [6.45, 7) is 3.50. The Hall–Kier alpha value is -1.56. The first kappa shape index (κ1) is 14.5. The first-order chi connectivity index (χ1) is 8.23. The zero-order valence-corrected chi connectivity index (χ0v) is 11.5. The van der Waals surface area contributed by atoms with Crippen molar-refractivity contribution >= 4 is 21.4 Å². The summed E-state index contributed by atoms with van der Waals surface area (Å²) in [5, 5.41) is 1.56. The Morgan fingerprint density at radius 3 is 2.61 bits per heavy atom. The number of hydrogen-bond donors (Lipinski definition) is 2. The second-order valence-electron chi connectivity index (χ2n) is 4.32. The topological polar surface area (TPSA) is 89.3 Å². The highest BCUT2D eigenvalue weighted by Crippen LogP contribution is 2.15. The van der Waals surface area contributed by atoms with Crippen LogP contribution < -0.4 is 11.1 Å². The summed E-state index contributed by atoms with van der Waals surface area (Å²) in [7, 11) is -3.36. The van der Waals surface area contributed by atoms with Gasteiger partial charge >= 0.3 is 0 Å². The number of nitrogens with two attached hydrogens (primary N) is 1. The molecule has 1 aromatic rings. The van der Waals surface area contributed by atoms with E-state index in [4.69, 9.17) is 5.73 Å². The number of carbonyl (C=O) groups excluding carboxylic acids is 1. The molecule has 3 N–H and O–H groups in total. The van der Waals surface area contributed by atoms with Crippen molar-refractivity contribution < 1.29 is 13.2 Å². The maximum absolute atomic E-state index is 11.6. The van der Waals surface area contributed by atoms with Crippen LogP contribution in [-0.2, 0) is 21.2 Å². The van der Waals surface area contributed by atoms with Gasteiger partial charge in [-0.25, -0.2) is 8.42 Å². The van der Waals surface area contributed by atoms with E-state index < -0.39 is 21.0 Å². The molecule has 0 heterocycles. The van der Waals surface area contributed by atoms with Gasteiger partial charge in [0.05, 0.1) is 0 Å². The minimum absolute atomic E-state index is 0.273. The molecule has 0 spiro atoms. The Morgan fingerprint density at radius 2 is 2.06 bits per heavy atom. The second kappa shape index (κ2) is 5.39. The van der Waals surface area contributed by atoms with Crippen LogP contribution in [0.25, 0.3) is 0 Å². The Labute approximate surface area is 107 Å². The Bertz CT molecular complexity index is 552. The largest absolute Gasteiger partial charge is 0.399 e. The molecule has 0 fully saturated rings. The van der Waals surface area contributed by atoms with Crippen molar-refractivity contribution in [2.24, 2.45) is 0 Å². The summed E-state index contributed by atoms with van der Waals surface area (Å²) in [4.78, 5) is 11.6. The molecule has 0 aliphatic carbocycles. The van der Waals surface area contributed by atoms with Gasteiger partial charge in [-0.1, -0.05) is 12.1 Å². The molecule has 1 rings (SSSR count). The van der Waals surface area contributed by atoms with E-state index in [2.05, 4.69) is 5.32 Å². The molecule has 0 aliphatic rings. The van der Waals surface area contributed by atoms with Gasteiger partial charge in [0, 0.05) is 18.5 Å². The van der Waals surface area contributed by atoms with Gasteiger partial charge in [-0.3, -0.25) is 4.79 Å². The van der Waals surface area contributed by atoms with E-state index in [-0.39, 0.29) is 6.54 Å². The molecule has 0 aliphatic heterocycles. The van der Waals surface area contributed by atoms with Gasteiger partial charge in [-0.15, -0.1) is 0 Å². The predicted molar refractivity (Wildman–Crippen MR) is 71.7 cm³/mol. The number of sulfone groups is 1. The molecule has 18 heavy (non-hydrogen) atoms. The lowest BCUT2D eigenvalue weighted by atomic mass is 10.1. The zero-order chi connectivity index (χ0) is 13.9. The van der Waals surface area contributed by atoms with Crippen LogP contribution in [0.4, 0.5) is 5.69 Å². The molecular weight excluding hydrogens is 252 g/mol. The zero-order valence-electron chi connectivity index (χ0n) is 10.7. The van der Waals surface area contributed by atoms with Gasteiger partial charge in [0.15, 0.2) is 9.84 Å². The van der Waals surface area contributed by atoms with Gasteiger partial charge in [0.1, 0.15) is 5.25 Å². The molecule has 0 bridgehead atoms. The fourth-order valence-corrected chi connectivity index (χ4v) is 1.89. The first-order valence-corrected chi connectivity index (χ1v) is 7.49. The third-order valence-electron chi connectivity index (χ3n) is 2.95. The van der Waals surface area contributed by atoms with Gasteiger partial charge < -0.3 is 11.1 Å². The molecular formula is C12H18N2O3S. The molecule has 0 aromatic heterocycles. The molecule has 1 amide bonds. The fraction of sp³-hybridized carbons (Fsp3) is 0.417. The number of anilines is 1. The maximum atomic E-state index is 11.6. The lowest BCUT2D eigenvalue weighted by molar-refractivity contribution is -0.120. The minimum atomic E-state index is -3.36. The van der Waals surface area contributed by atoms with Gasteiger partial charge in [0.25, 0.3) is 0 Å². The van der Waals surface area contributed by atoms with E-state index in [1.165, 1.54) is 6.92 Å². The molecule has 100 valence electrons. The number of benzene rings is 1. The van der Waals surface area contributed by atoms with Crippen LogP contribution in [-0.4, -0.2) is 25.8 Å². The van der Waals surface area contributed by atoms with Crippen molar-refractivity contribution in [2.75, 3.05) is 12.0 Å². The predicted octanol–water partition coefficient (Wildman–Crippen LogP) is 0.627. The van der Waals surface area contributed by atoms with Crippen molar-refractivity contribution in [3.05, 3.63) is 29.3 Å². The third-order valence-corrected chi connectivity index (χ3v) is 4.45. The summed E-state index contributed by atoms with van der Waals surface area (Å²) >= 11 is 0. The van der Waals surface area contributed by atoms with Gasteiger partial charge in [0.2, 0.25) is 5.91 Å². The van der Waals surface area contributed by atoms with E-state index in [9.17, 15) is 13.2 Å². The van der Waals surface area contributed by atoms with Crippen molar-refractivity contribution in [3.8, 4) is 0 Å². The van der Waals surface area contributed by atoms with E-state index in [0.717, 1.165) is 17.4 Å². The number of amides is 1. The molecule has 0 saturated carbocycles. The van der Waals surface area contributed by atoms with Crippen LogP contribution in [0.5, 0.6) is 0 Å². The van der Waals surface area contributed by atoms with E-state index in [0.29, 0.717) is 5.69 Å². The molecule has 5 nitrogen and oxygen atoms in total. The van der Waals surface area contributed by atoms with Gasteiger partial charge in [-0.05, 0) is 31.0 Å². The summed E-state index contributed by atoms with van der Waals surface area (Å²) < 4.78 is 22.4. The molecule has 0 radical (unpaired) electrons. The fourth-order valence-electron chi connectivity index (χ4n) is 1.42. The third kappa shape index (κ3) is 3.46. The summed E-state index contributed by atoms with van der Waals surface area (Å²) in [6.07, 6.45) is 1.04. The van der Waals surface area contributed by atoms with E-state index in [1.807, 2.05) is 13.0 Å². The standard InChI is InChI=1S/C12H18N2O3S/c1-8-10(5-4-6-11(8)13)7-14-12(15)9(2)18(3,16)17/h4-6,9H,7,13H2,1-3H3,(H,14,15). The van der Waals surface area contributed by atoms with Gasteiger partial charge in [-0.2, -0.15) is 0 Å². The molecule has 1 aromatic carbocycles. The highest BCUT2D eigenvalue weighted by atomic mass is 32.2. The van der Waals surface area contributed by atoms with Crippen LogP contribution in [0.15, 0.2) is 18.2 Å². The highest BCUT2D eigenvalue weighted by molar-refractivity contribution is 7.92. The van der Waals surface area contributed by atoms with Crippen molar-refractivity contribution in [1.29, 1.82) is 0 Å². The molecule has 1 unspecified atom stereocenters. The number of hydrogen-bond acceptors (Lipinski definition) is 4. The average molecular weight is 270 g/mol. The first-order valence-electron chi connectivity index (χ1n) is 5.54. The van der Waals surface area contributed by atoms with Crippen molar-refractivity contribution in [2.45, 2.75) is 25.6 Å². The van der Waals surface area contributed by atoms with Crippen LogP contribution >= 0.6 is 0 Å². The monoisotopic (exact) mass is 270 g/mol. The normalized spacial score (nSPS) is 13.1. The number of nitrogen functional groups attached to an aromatic ring is 1. The molecule has 0 saturated heterocycles. The Morgan fingerprint density at radius 1 is 1.44 bits per heavy atom. The highest BCUT2D eigenvalue weighted by Gasteiger charge is 2.23. The Balaban J connectivity index is 2.72. The number of rotatable bonds is 4. The smallest absolute Gasteiger partial charge is 0.238 e. The van der Waals surface area contributed by atoms with Crippen LogP contribution in [0, 0.1) is 6.92 Å². The van der Waals surface area contributed by atoms with E-state index >= 15 is 0 Å². The number of nitrogens with one attached hydrogen (secondary N) is 1. The lowest BCUT2D eigenvalue weighted by Crippen LogP contribution is -2.37. The number of carbonyl (C=O) groups is 1. The minimum Gasteiger partial charge on any atom is -0.399 e. The average Bonchev–Trinajstić information content (AvgIpc) is 2.28.